The third-order valence-corrected chi connectivity index (χ3v) is 3.31. The first-order chi connectivity index (χ1) is 11.1. The highest BCUT2D eigenvalue weighted by Gasteiger charge is 2.20. The summed E-state index contributed by atoms with van der Waals surface area (Å²) in [6.07, 6.45) is 0. The van der Waals surface area contributed by atoms with E-state index in [-0.39, 0.29) is 18.1 Å². The van der Waals surface area contributed by atoms with Gasteiger partial charge in [-0.25, -0.2) is 8.78 Å². The molecule has 3 rings (SSSR count). The Morgan fingerprint density at radius 2 is 1.87 bits per heavy atom. The van der Waals surface area contributed by atoms with Crippen molar-refractivity contribution in [3.05, 3.63) is 65.4 Å². The average Bonchev–Trinajstić information content (AvgIpc) is 2.86. The Balaban J connectivity index is 1.98. The van der Waals surface area contributed by atoms with Crippen LogP contribution < -0.4 is 5.32 Å². The number of nitrogens with one attached hydrogen (secondary N) is 1. The van der Waals surface area contributed by atoms with E-state index in [1.807, 2.05) is 12.1 Å². The van der Waals surface area contributed by atoms with Crippen molar-refractivity contribution in [2.75, 3.05) is 12.4 Å². The van der Waals surface area contributed by atoms with Crippen molar-refractivity contribution in [3.8, 4) is 0 Å². The topological polar surface area (TPSA) is 51.5 Å². The fourth-order valence-electron chi connectivity index (χ4n) is 2.38. The van der Waals surface area contributed by atoms with Crippen LogP contribution in [0.1, 0.15) is 16.1 Å². The van der Waals surface area contributed by atoms with Gasteiger partial charge in [-0.05, 0) is 18.2 Å². The predicted molar refractivity (Wildman–Crippen MR) is 81.2 cm³/mol. The molecule has 0 bridgehead atoms. The van der Waals surface area contributed by atoms with Gasteiger partial charge < -0.3 is 14.5 Å². The van der Waals surface area contributed by atoms with Crippen LogP contribution in [0.25, 0.3) is 11.0 Å². The molecule has 3 aromatic rings. The van der Waals surface area contributed by atoms with E-state index in [4.69, 9.17) is 9.15 Å². The molecule has 0 aliphatic rings. The Labute approximate surface area is 130 Å². The first-order valence-corrected chi connectivity index (χ1v) is 6.85. The van der Waals surface area contributed by atoms with E-state index in [0.29, 0.717) is 11.1 Å². The molecular weight excluding hydrogens is 304 g/mol. The molecule has 0 radical (unpaired) electrons. The van der Waals surface area contributed by atoms with Gasteiger partial charge in [0.05, 0.1) is 6.61 Å². The molecule has 23 heavy (non-hydrogen) atoms. The fourth-order valence-corrected chi connectivity index (χ4v) is 2.38. The summed E-state index contributed by atoms with van der Waals surface area (Å²) >= 11 is 0. The smallest absolute Gasteiger partial charge is 0.291 e. The van der Waals surface area contributed by atoms with Crippen molar-refractivity contribution < 1.29 is 22.7 Å². The molecule has 0 fully saturated rings. The number of para-hydroxylation sites is 1. The predicted octanol–water partition coefficient (Wildman–Crippen LogP) is 4.11. The number of methoxy groups -OCH3 is 1. The Morgan fingerprint density at radius 1 is 1.17 bits per heavy atom. The molecule has 1 N–H and O–H groups in total. The lowest BCUT2D eigenvalue weighted by Crippen LogP contribution is -2.13. The second-order valence-electron chi connectivity index (χ2n) is 4.95. The van der Waals surface area contributed by atoms with Crippen molar-refractivity contribution in [1.29, 1.82) is 0 Å². The van der Waals surface area contributed by atoms with Gasteiger partial charge in [0.15, 0.2) is 5.76 Å². The molecule has 1 heterocycles. The lowest BCUT2D eigenvalue weighted by atomic mass is 10.1. The number of carbonyl (C=O) groups excluding carboxylic acids is 1. The molecule has 0 saturated heterocycles. The van der Waals surface area contributed by atoms with Crippen molar-refractivity contribution in [3.63, 3.8) is 0 Å². The number of ether oxygens (including phenoxy) is 1. The molecule has 0 saturated carbocycles. The lowest BCUT2D eigenvalue weighted by Gasteiger charge is -2.05. The van der Waals surface area contributed by atoms with Crippen LogP contribution in [0.5, 0.6) is 0 Å². The number of carbonyl (C=O) groups is 1. The van der Waals surface area contributed by atoms with Crippen LogP contribution in [-0.4, -0.2) is 13.0 Å². The van der Waals surface area contributed by atoms with Crippen molar-refractivity contribution in [2.45, 2.75) is 6.61 Å². The minimum atomic E-state index is -0.776. The van der Waals surface area contributed by atoms with Crippen molar-refractivity contribution in [1.82, 2.24) is 0 Å². The highest BCUT2D eigenvalue weighted by Crippen LogP contribution is 2.27. The standard InChI is InChI=1S/C17H13F2NO3/c1-22-9-14-13-4-2-3-5-15(13)23-16(14)17(21)20-12-7-10(18)6-11(19)8-12/h2-8H,9H2,1H3,(H,20,21). The maximum atomic E-state index is 13.2. The summed E-state index contributed by atoms with van der Waals surface area (Å²) in [6, 6.07) is 9.93. The highest BCUT2D eigenvalue weighted by molar-refractivity contribution is 6.06. The van der Waals surface area contributed by atoms with Crippen molar-refractivity contribution in [2.24, 2.45) is 0 Å². The summed E-state index contributed by atoms with van der Waals surface area (Å²) in [4.78, 5) is 12.4. The molecule has 0 aliphatic carbocycles. The highest BCUT2D eigenvalue weighted by atomic mass is 19.1. The normalized spacial score (nSPS) is 10.9. The number of hydrogen-bond donors (Lipinski definition) is 1. The molecule has 4 nitrogen and oxygen atoms in total. The van der Waals surface area contributed by atoms with Gasteiger partial charge in [-0.15, -0.1) is 0 Å². The van der Waals surface area contributed by atoms with Gasteiger partial charge in [0.1, 0.15) is 17.2 Å². The summed E-state index contributed by atoms with van der Waals surface area (Å²) in [7, 11) is 1.51. The SMILES string of the molecule is COCc1c(C(=O)Nc2cc(F)cc(F)c2)oc2ccccc12. The number of anilines is 1. The number of halogens is 2. The Bertz CT molecular complexity index is 853. The van der Waals surface area contributed by atoms with Gasteiger partial charge in [0.2, 0.25) is 0 Å². The number of amides is 1. The first-order valence-electron chi connectivity index (χ1n) is 6.85. The zero-order valence-electron chi connectivity index (χ0n) is 12.2. The molecule has 2 aromatic carbocycles. The van der Waals surface area contributed by atoms with Crippen molar-refractivity contribution >= 4 is 22.6 Å². The molecule has 0 unspecified atom stereocenters. The van der Waals surface area contributed by atoms with Crippen LogP contribution in [-0.2, 0) is 11.3 Å². The van der Waals surface area contributed by atoms with E-state index in [1.165, 1.54) is 7.11 Å². The van der Waals surface area contributed by atoms with Crippen LogP contribution >= 0.6 is 0 Å². The lowest BCUT2D eigenvalue weighted by molar-refractivity contribution is 0.0992. The summed E-state index contributed by atoms with van der Waals surface area (Å²) in [6.45, 7) is 0.178. The zero-order chi connectivity index (χ0) is 16.4. The summed E-state index contributed by atoms with van der Waals surface area (Å²) in [5, 5.41) is 3.19. The second kappa shape index (κ2) is 6.18. The maximum Gasteiger partial charge on any atom is 0.291 e. The van der Waals surface area contributed by atoms with E-state index < -0.39 is 17.5 Å². The van der Waals surface area contributed by atoms with E-state index in [9.17, 15) is 13.6 Å². The van der Waals surface area contributed by atoms with E-state index in [1.54, 1.807) is 12.1 Å². The van der Waals surface area contributed by atoms with Crippen LogP contribution in [0, 0.1) is 11.6 Å². The first kappa shape index (κ1) is 15.2. The molecule has 6 heteroatoms. The van der Waals surface area contributed by atoms with Gasteiger partial charge >= 0.3 is 0 Å². The van der Waals surface area contributed by atoms with E-state index in [0.717, 1.165) is 23.6 Å². The van der Waals surface area contributed by atoms with Gasteiger partial charge in [0.25, 0.3) is 5.91 Å². The van der Waals surface area contributed by atoms with Gasteiger partial charge in [-0.1, -0.05) is 18.2 Å². The Morgan fingerprint density at radius 3 is 2.57 bits per heavy atom. The molecule has 0 aliphatic heterocycles. The molecule has 1 amide bonds. The van der Waals surface area contributed by atoms with E-state index in [2.05, 4.69) is 5.32 Å². The van der Waals surface area contributed by atoms with E-state index >= 15 is 0 Å². The quantitative estimate of drug-likeness (QED) is 0.788. The fraction of sp³-hybridized carbons (Fsp3) is 0.118. The number of benzene rings is 2. The van der Waals surface area contributed by atoms with Crippen LogP contribution in [0.4, 0.5) is 14.5 Å². The minimum absolute atomic E-state index is 0.0105. The third-order valence-electron chi connectivity index (χ3n) is 3.31. The third kappa shape index (κ3) is 3.07. The van der Waals surface area contributed by atoms with Crippen LogP contribution in [0.2, 0.25) is 0 Å². The van der Waals surface area contributed by atoms with Gasteiger partial charge in [-0.3, -0.25) is 4.79 Å². The number of hydrogen-bond acceptors (Lipinski definition) is 3. The summed E-state index contributed by atoms with van der Waals surface area (Å²) < 4.78 is 37.1. The van der Waals surface area contributed by atoms with Crippen LogP contribution in [0.15, 0.2) is 46.9 Å². The Hall–Kier alpha value is -2.73. The van der Waals surface area contributed by atoms with Gasteiger partial charge in [0, 0.05) is 29.8 Å². The summed E-state index contributed by atoms with van der Waals surface area (Å²) in [5.41, 5.74) is 1.13. The number of fused-ring (bicyclic) bond motifs is 1. The molecule has 0 spiro atoms. The minimum Gasteiger partial charge on any atom is -0.451 e. The number of furan rings is 1. The monoisotopic (exact) mass is 317 g/mol. The number of rotatable bonds is 4. The zero-order valence-corrected chi connectivity index (χ0v) is 12.2. The van der Waals surface area contributed by atoms with Gasteiger partial charge in [-0.2, -0.15) is 0 Å². The average molecular weight is 317 g/mol. The molecular formula is C17H13F2NO3. The summed E-state index contributed by atoms with van der Waals surface area (Å²) in [5.74, 6) is -2.10. The van der Waals surface area contributed by atoms with Crippen LogP contribution in [0.3, 0.4) is 0 Å². The maximum absolute atomic E-state index is 13.2. The molecule has 118 valence electrons. The molecule has 1 aromatic heterocycles. The molecule has 0 atom stereocenters. The second-order valence-corrected chi connectivity index (χ2v) is 4.95. The Kier molecular flexibility index (Phi) is 4.08. The largest absolute Gasteiger partial charge is 0.451 e.